The van der Waals surface area contributed by atoms with Crippen LogP contribution >= 0.6 is 0 Å². The van der Waals surface area contributed by atoms with Crippen molar-refractivity contribution in [1.82, 2.24) is 14.8 Å². The largest absolute Gasteiger partial charge is 0.468 e. The van der Waals surface area contributed by atoms with Gasteiger partial charge in [-0.3, -0.25) is 24.6 Å². The summed E-state index contributed by atoms with van der Waals surface area (Å²) in [6.07, 6.45) is 1.72. The van der Waals surface area contributed by atoms with Crippen LogP contribution < -0.4 is 5.32 Å². The zero-order valence-corrected chi connectivity index (χ0v) is 12.8. The van der Waals surface area contributed by atoms with Crippen molar-refractivity contribution >= 4 is 17.8 Å². The molecule has 0 atom stereocenters. The number of carbonyl (C=O) groups is 3. The highest BCUT2D eigenvalue weighted by molar-refractivity contribution is 6.04. The van der Waals surface area contributed by atoms with E-state index in [-0.39, 0.29) is 19.1 Å². The molecule has 0 radical (unpaired) electrons. The Balaban J connectivity index is 2.60. The third kappa shape index (κ3) is 5.03. The van der Waals surface area contributed by atoms with E-state index >= 15 is 0 Å². The van der Waals surface area contributed by atoms with Gasteiger partial charge in [-0.05, 0) is 26.0 Å². The topological polar surface area (TPSA) is 80.6 Å². The summed E-state index contributed by atoms with van der Waals surface area (Å²) in [6, 6.07) is 3.31. The molecule has 7 nitrogen and oxygen atoms in total. The summed E-state index contributed by atoms with van der Waals surface area (Å²) in [5, 5.41) is 2.31. The first kappa shape index (κ1) is 16.9. The lowest BCUT2D eigenvalue weighted by atomic mass is 10.3. The van der Waals surface area contributed by atoms with Crippen LogP contribution in [0.2, 0.25) is 0 Å². The third-order valence-corrected chi connectivity index (χ3v) is 3.07. The Labute approximate surface area is 123 Å². The highest BCUT2D eigenvalue weighted by atomic mass is 16.5. The molecule has 7 heteroatoms. The number of rotatable bonds is 6. The number of amides is 2. The summed E-state index contributed by atoms with van der Waals surface area (Å²) in [6.45, 7) is 3.66. The van der Waals surface area contributed by atoms with Crippen LogP contribution in [0, 0.1) is 0 Å². The first-order valence-electron chi connectivity index (χ1n) is 6.61. The van der Waals surface area contributed by atoms with Crippen LogP contribution in [0.1, 0.15) is 24.3 Å². The van der Waals surface area contributed by atoms with Gasteiger partial charge in [0.2, 0.25) is 5.91 Å². The van der Waals surface area contributed by atoms with Crippen LogP contribution in [0.4, 0.5) is 0 Å². The molecule has 1 heterocycles. The van der Waals surface area contributed by atoms with E-state index < -0.39 is 17.8 Å². The molecule has 1 N–H and O–H groups in total. The number of hydrogen-bond acceptors (Lipinski definition) is 5. The number of imide groups is 1. The van der Waals surface area contributed by atoms with Gasteiger partial charge in [-0.1, -0.05) is 0 Å². The second-order valence-electron chi connectivity index (χ2n) is 4.96. The SMILES string of the molecule is COC(=O)CN(CC(=O)NC(=O)c1cccn1C)C(C)C. The van der Waals surface area contributed by atoms with E-state index in [9.17, 15) is 14.4 Å². The van der Waals surface area contributed by atoms with Gasteiger partial charge < -0.3 is 9.30 Å². The van der Waals surface area contributed by atoms with Crippen molar-refractivity contribution < 1.29 is 19.1 Å². The van der Waals surface area contributed by atoms with Gasteiger partial charge in [0.25, 0.3) is 5.91 Å². The van der Waals surface area contributed by atoms with Gasteiger partial charge in [-0.2, -0.15) is 0 Å². The third-order valence-electron chi connectivity index (χ3n) is 3.07. The maximum absolute atomic E-state index is 11.9. The molecule has 0 saturated carbocycles. The summed E-state index contributed by atoms with van der Waals surface area (Å²) in [5.41, 5.74) is 0.396. The number of nitrogens with one attached hydrogen (secondary N) is 1. The second-order valence-corrected chi connectivity index (χ2v) is 4.96. The van der Waals surface area contributed by atoms with Crippen molar-refractivity contribution in [2.45, 2.75) is 19.9 Å². The van der Waals surface area contributed by atoms with Crippen molar-refractivity contribution in [3.8, 4) is 0 Å². The normalized spacial score (nSPS) is 10.8. The van der Waals surface area contributed by atoms with Crippen molar-refractivity contribution in [2.24, 2.45) is 7.05 Å². The number of esters is 1. The van der Waals surface area contributed by atoms with Crippen LogP contribution in [-0.4, -0.2) is 53.5 Å². The molecule has 1 aromatic rings. The number of methoxy groups -OCH3 is 1. The molecule has 0 aliphatic rings. The minimum absolute atomic E-state index is 0.0000676. The molecular formula is C14H21N3O4. The lowest BCUT2D eigenvalue weighted by molar-refractivity contribution is -0.142. The molecule has 0 aromatic carbocycles. The van der Waals surface area contributed by atoms with E-state index in [4.69, 9.17) is 0 Å². The van der Waals surface area contributed by atoms with E-state index in [0.717, 1.165) is 0 Å². The minimum Gasteiger partial charge on any atom is -0.468 e. The summed E-state index contributed by atoms with van der Waals surface area (Å²) >= 11 is 0. The van der Waals surface area contributed by atoms with Gasteiger partial charge >= 0.3 is 5.97 Å². The smallest absolute Gasteiger partial charge is 0.319 e. The number of ether oxygens (including phenoxy) is 1. The Bertz CT molecular complexity index is 522. The molecule has 0 bridgehead atoms. The Morgan fingerprint density at radius 1 is 1.33 bits per heavy atom. The number of nitrogens with zero attached hydrogens (tertiary/aromatic N) is 2. The standard InChI is InChI=1S/C14H21N3O4/c1-10(2)17(9-13(19)21-4)8-12(18)15-14(20)11-6-5-7-16(11)3/h5-7,10H,8-9H2,1-4H3,(H,15,18,20). The monoisotopic (exact) mass is 295 g/mol. The predicted molar refractivity (Wildman–Crippen MR) is 76.6 cm³/mol. The van der Waals surface area contributed by atoms with Crippen molar-refractivity contribution in [1.29, 1.82) is 0 Å². The Hall–Kier alpha value is -2.15. The average molecular weight is 295 g/mol. The van der Waals surface area contributed by atoms with Crippen LogP contribution in [-0.2, 0) is 21.4 Å². The fraction of sp³-hybridized carbons (Fsp3) is 0.500. The van der Waals surface area contributed by atoms with Crippen LogP contribution in [0.15, 0.2) is 18.3 Å². The lowest BCUT2D eigenvalue weighted by Crippen LogP contribution is -2.45. The van der Waals surface area contributed by atoms with E-state index in [1.54, 1.807) is 34.8 Å². The maximum atomic E-state index is 11.9. The Morgan fingerprint density at radius 2 is 2.00 bits per heavy atom. The number of aromatic nitrogens is 1. The van der Waals surface area contributed by atoms with E-state index in [2.05, 4.69) is 10.1 Å². The first-order valence-corrected chi connectivity index (χ1v) is 6.61. The quantitative estimate of drug-likeness (QED) is 0.756. The van der Waals surface area contributed by atoms with Crippen LogP contribution in [0.25, 0.3) is 0 Å². The van der Waals surface area contributed by atoms with Crippen molar-refractivity contribution in [3.63, 3.8) is 0 Å². The molecular weight excluding hydrogens is 274 g/mol. The van der Waals surface area contributed by atoms with Gasteiger partial charge in [0.05, 0.1) is 20.2 Å². The predicted octanol–water partition coefficient (Wildman–Crippen LogP) is 0.165. The number of carbonyl (C=O) groups excluding carboxylic acids is 3. The highest BCUT2D eigenvalue weighted by Crippen LogP contribution is 2.01. The molecule has 0 fully saturated rings. The zero-order valence-electron chi connectivity index (χ0n) is 12.8. The summed E-state index contributed by atoms with van der Waals surface area (Å²) in [4.78, 5) is 36.7. The minimum atomic E-state index is -0.464. The molecule has 0 spiro atoms. The molecule has 0 saturated heterocycles. The maximum Gasteiger partial charge on any atom is 0.319 e. The lowest BCUT2D eigenvalue weighted by Gasteiger charge is -2.24. The second kappa shape index (κ2) is 7.58. The molecule has 2 amide bonds. The van der Waals surface area contributed by atoms with E-state index in [1.165, 1.54) is 7.11 Å². The number of hydrogen-bond donors (Lipinski definition) is 1. The van der Waals surface area contributed by atoms with Crippen molar-refractivity contribution in [2.75, 3.05) is 20.2 Å². The van der Waals surface area contributed by atoms with Crippen LogP contribution in [0.3, 0.4) is 0 Å². The molecule has 0 unspecified atom stereocenters. The first-order chi connectivity index (χ1) is 9.85. The molecule has 21 heavy (non-hydrogen) atoms. The average Bonchev–Trinajstić information content (AvgIpc) is 2.83. The van der Waals surface area contributed by atoms with Gasteiger partial charge in [-0.15, -0.1) is 0 Å². The van der Waals surface area contributed by atoms with Crippen LogP contribution in [0.5, 0.6) is 0 Å². The van der Waals surface area contributed by atoms with E-state index in [1.807, 2.05) is 13.8 Å². The summed E-state index contributed by atoms with van der Waals surface area (Å²) in [5.74, 6) is -1.35. The van der Waals surface area contributed by atoms with Crippen molar-refractivity contribution in [3.05, 3.63) is 24.0 Å². The van der Waals surface area contributed by atoms with E-state index in [0.29, 0.717) is 5.69 Å². The molecule has 0 aliphatic heterocycles. The van der Waals surface area contributed by atoms with Gasteiger partial charge in [0, 0.05) is 19.3 Å². The summed E-state index contributed by atoms with van der Waals surface area (Å²) in [7, 11) is 3.01. The fourth-order valence-corrected chi connectivity index (χ4v) is 1.76. The Morgan fingerprint density at radius 3 is 2.48 bits per heavy atom. The molecule has 1 aromatic heterocycles. The molecule has 116 valence electrons. The molecule has 1 rings (SSSR count). The highest BCUT2D eigenvalue weighted by Gasteiger charge is 2.20. The fourth-order valence-electron chi connectivity index (χ4n) is 1.76. The zero-order chi connectivity index (χ0) is 16.0. The van der Waals surface area contributed by atoms with Gasteiger partial charge in [0.1, 0.15) is 5.69 Å². The summed E-state index contributed by atoms with van der Waals surface area (Å²) < 4.78 is 6.21. The van der Waals surface area contributed by atoms with Gasteiger partial charge in [0.15, 0.2) is 0 Å². The van der Waals surface area contributed by atoms with Gasteiger partial charge in [-0.25, -0.2) is 0 Å². The Kier molecular flexibility index (Phi) is 6.10. The molecule has 0 aliphatic carbocycles. The number of aryl methyl sites for hydroxylation is 1.